The fourth-order valence-corrected chi connectivity index (χ4v) is 1.41. The maximum atomic E-state index is 13.3. The van der Waals surface area contributed by atoms with Crippen molar-refractivity contribution in [1.82, 2.24) is 20.3 Å². The van der Waals surface area contributed by atoms with E-state index < -0.39 is 17.5 Å². The third-order valence-corrected chi connectivity index (χ3v) is 2.32. The van der Waals surface area contributed by atoms with Crippen LogP contribution < -0.4 is 5.32 Å². The van der Waals surface area contributed by atoms with Crippen molar-refractivity contribution < 1.29 is 13.6 Å². The van der Waals surface area contributed by atoms with E-state index in [2.05, 4.69) is 15.6 Å². The second kappa shape index (κ2) is 4.91. The van der Waals surface area contributed by atoms with Crippen LogP contribution in [-0.2, 0) is 13.6 Å². The lowest BCUT2D eigenvalue weighted by Crippen LogP contribution is -2.24. The standard InChI is InChI=1S/C11H10F2N4O/c1-17-6-10(15-16-17)11(18)14-5-7-8(12)3-2-4-9(7)13/h2-4,6H,5H2,1H3,(H,14,18). The summed E-state index contributed by atoms with van der Waals surface area (Å²) < 4.78 is 27.9. The van der Waals surface area contributed by atoms with E-state index in [1.807, 2.05) is 0 Å². The van der Waals surface area contributed by atoms with Crippen molar-refractivity contribution in [2.75, 3.05) is 0 Å². The number of amides is 1. The van der Waals surface area contributed by atoms with Crippen molar-refractivity contribution in [3.05, 3.63) is 47.3 Å². The van der Waals surface area contributed by atoms with Crippen molar-refractivity contribution in [3.63, 3.8) is 0 Å². The van der Waals surface area contributed by atoms with Gasteiger partial charge in [0, 0.05) is 19.2 Å². The highest BCUT2D eigenvalue weighted by Crippen LogP contribution is 2.11. The Hall–Kier alpha value is -2.31. The van der Waals surface area contributed by atoms with Crippen LogP contribution in [-0.4, -0.2) is 20.9 Å². The molecule has 0 saturated carbocycles. The average Bonchev–Trinajstić information content (AvgIpc) is 2.75. The van der Waals surface area contributed by atoms with Gasteiger partial charge in [0.15, 0.2) is 5.69 Å². The number of benzene rings is 1. The fourth-order valence-electron chi connectivity index (χ4n) is 1.41. The van der Waals surface area contributed by atoms with Crippen LogP contribution >= 0.6 is 0 Å². The molecule has 1 heterocycles. The molecule has 0 aliphatic rings. The van der Waals surface area contributed by atoms with Crippen LogP contribution in [0.5, 0.6) is 0 Å². The first kappa shape index (κ1) is 12.2. The zero-order chi connectivity index (χ0) is 13.1. The second-order valence-corrected chi connectivity index (χ2v) is 3.66. The van der Waals surface area contributed by atoms with Gasteiger partial charge in [-0.15, -0.1) is 5.10 Å². The van der Waals surface area contributed by atoms with Crippen LogP contribution in [0.25, 0.3) is 0 Å². The summed E-state index contributed by atoms with van der Waals surface area (Å²) in [5, 5.41) is 9.55. The molecule has 1 N–H and O–H groups in total. The predicted molar refractivity (Wildman–Crippen MR) is 58.5 cm³/mol. The predicted octanol–water partition coefficient (Wildman–Crippen LogP) is 1.02. The van der Waals surface area contributed by atoms with Gasteiger partial charge in [-0.2, -0.15) is 0 Å². The fraction of sp³-hybridized carbons (Fsp3) is 0.182. The number of aromatic nitrogens is 3. The topological polar surface area (TPSA) is 59.8 Å². The highest BCUT2D eigenvalue weighted by atomic mass is 19.1. The molecule has 0 aliphatic heterocycles. The Labute approximate surface area is 101 Å². The van der Waals surface area contributed by atoms with E-state index in [1.54, 1.807) is 7.05 Å². The van der Waals surface area contributed by atoms with E-state index >= 15 is 0 Å². The Kier molecular flexibility index (Phi) is 3.31. The summed E-state index contributed by atoms with van der Waals surface area (Å²) in [6.45, 7) is -0.242. The zero-order valence-corrected chi connectivity index (χ0v) is 9.52. The number of aryl methyl sites for hydroxylation is 1. The molecular weight excluding hydrogens is 242 g/mol. The summed E-state index contributed by atoms with van der Waals surface area (Å²) in [6.07, 6.45) is 1.41. The minimum absolute atomic E-state index is 0.0919. The Morgan fingerprint density at radius 2 is 2.06 bits per heavy atom. The number of carbonyl (C=O) groups is 1. The average molecular weight is 252 g/mol. The summed E-state index contributed by atoms with van der Waals surface area (Å²) in [5.41, 5.74) is -0.0935. The number of halogens is 2. The van der Waals surface area contributed by atoms with E-state index in [0.29, 0.717) is 0 Å². The van der Waals surface area contributed by atoms with Gasteiger partial charge in [-0.05, 0) is 12.1 Å². The van der Waals surface area contributed by atoms with Crippen LogP contribution in [0.15, 0.2) is 24.4 Å². The number of nitrogens with one attached hydrogen (secondary N) is 1. The zero-order valence-electron chi connectivity index (χ0n) is 9.52. The van der Waals surface area contributed by atoms with Gasteiger partial charge in [-0.3, -0.25) is 9.48 Å². The quantitative estimate of drug-likeness (QED) is 0.887. The smallest absolute Gasteiger partial charge is 0.273 e. The van der Waals surface area contributed by atoms with Gasteiger partial charge in [0.1, 0.15) is 11.6 Å². The van der Waals surface area contributed by atoms with Crippen molar-refractivity contribution in [3.8, 4) is 0 Å². The Balaban J connectivity index is 2.06. The Bertz CT molecular complexity index is 562. The largest absolute Gasteiger partial charge is 0.346 e. The van der Waals surface area contributed by atoms with Gasteiger partial charge in [0.05, 0.1) is 6.20 Å². The van der Waals surface area contributed by atoms with E-state index in [0.717, 1.165) is 12.1 Å². The van der Waals surface area contributed by atoms with Gasteiger partial charge in [0.2, 0.25) is 0 Å². The maximum Gasteiger partial charge on any atom is 0.273 e. The molecule has 0 unspecified atom stereocenters. The Morgan fingerprint density at radius 1 is 1.39 bits per heavy atom. The van der Waals surface area contributed by atoms with Gasteiger partial charge in [-0.1, -0.05) is 11.3 Å². The number of carbonyl (C=O) groups excluding carboxylic acids is 1. The summed E-state index contributed by atoms with van der Waals surface area (Å²) >= 11 is 0. The molecule has 0 saturated heterocycles. The van der Waals surface area contributed by atoms with Gasteiger partial charge in [0.25, 0.3) is 5.91 Å². The molecule has 18 heavy (non-hydrogen) atoms. The van der Waals surface area contributed by atoms with Crippen molar-refractivity contribution in [2.45, 2.75) is 6.54 Å². The van der Waals surface area contributed by atoms with Crippen molar-refractivity contribution in [1.29, 1.82) is 0 Å². The molecule has 0 fully saturated rings. The van der Waals surface area contributed by atoms with Crippen LogP contribution in [0.3, 0.4) is 0 Å². The molecule has 7 heteroatoms. The molecule has 0 atom stereocenters. The van der Waals surface area contributed by atoms with Crippen LogP contribution in [0, 0.1) is 11.6 Å². The molecule has 2 aromatic rings. The van der Waals surface area contributed by atoms with E-state index in [1.165, 1.54) is 16.9 Å². The molecule has 1 amide bonds. The monoisotopic (exact) mass is 252 g/mol. The summed E-state index contributed by atoms with van der Waals surface area (Å²) in [5.74, 6) is -1.94. The lowest BCUT2D eigenvalue weighted by atomic mass is 10.2. The van der Waals surface area contributed by atoms with Gasteiger partial charge in [-0.25, -0.2) is 8.78 Å². The van der Waals surface area contributed by atoms with E-state index in [4.69, 9.17) is 0 Å². The first-order valence-corrected chi connectivity index (χ1v) is 5.15. The number of hydrogen-bond acceptors (Lipinski definition) is 3. The Morgan fingerprint density at radius 3 is 2.61 bits per heavy atom. The molecule has 0 spiro atoms. The van der Waals surface area contributed by atoms with Crippen LogP contribution in [0.4, 0.5) is 8.78 Å². The molecule has 0 bridgehead atoms. The molecule has 0 aliphatic carbocycles. The van der Waals surface area contributed by atoms with Crippen LogP contribution in [0.1, 0.15) is 16.1 Å². The maximum absolute atomic E-state index is 13.3. The molecule has 94 valence electrons. The van der Waals surface area contributed by atoms with E-state index in [-0.39, 0.29) is 17.8 Å². The first-order valence-electron chi connectivity index (χ1n) is 5.15. The number of nitrogens with zero attached hydrogens (tertiary/aromatic N) is 3. The molecule has 1 aromatic carbocycles. The minimum atomic E-state index is -0.700. The van der Waals surface area contributed by atoms with Crippen molar-refractivity contribution in [2.24, 2.45) is 7.05 Å². The molecule has 0 radical (unpaired) electrons. The number of hydrogen-bond donors (Lipinski definition) is 1. The lowest BCUT2D eigenvalue weighted by molar-refractivity contribution is 0.0945. The van der Waals surface area contributed by atoms with Gasteiger partial charge >= 0.3 is 0 Å². The summed E-state index contributed by atoms with van der Waals surface area (Å²) in [6, 6.07) is 3.53. The highest BCUT2D eigenvalue weighted by molar-refractivity contribution is 5.91. The highest BCUT2D eigenvalue weighted by Gasteiger charge is 2.13. The number of rotatable bonds is 3. The lowest BCUT2D eigenvalue weighted by Gasteiger charge is -2.05. The van der Waals surface area contributed by atoms with Crippen molar-refractivity contribution >= 4 is 5.91 Å². The SMILES string of the molecule is Cn1cc(C(=O)NCc2c(F)cccc2F)nn1. The summed E-state index contributed by atoms with van der Waals surface area (Å²) in [4.78, 5) is 11.6. The minimum Gasteiger partial charge on any atom is -0.346 e. The van der Waals surface area contributed by atoms with Gasteiger partial charge < -0.3 is 5.32 Å². The second-order valence-electron chi connectivity index (χ2n) is 3.66. The molecular formula is C11H10F2N4O. The third-order valence-electron chi connectivity index (χ3n) is 2.32. The first-order chi connectivity index (χ1) is 8.58. The normalized spacial score (nSPS) is 10.4. The van der Waals surface area contributed by atoms with E-state index in [9.17, 15) is 13.6 Å². The third kappa shape index (κ3) is 2.50. The molecule has 2 rings (SSSR count). The molecule has 5 nitrogen and oxygen atoms in total. The summed E-state index contributed by atoms with van der Waals surface area (Å²) in [7, 11) is 1.61. The van der Waals surface area contributed by atoms with Crippen LogP contribution in [0.2, 0.25) is 0 Å². The molecule has 1 aromatic heterocycles.